The van der Waals surface area contributed by atoms with Crippen LogP contribution in [0.2, 0.25) is 0 Å². The van der Waals surface area contributed by atoms with Crippen LogP contribution in [0.15, 0.2) is 25.3 Å². The van der Waals surface area contributed by atoms with E-state index in [9.17, 15) is 19.0 Å². The highest BCUT2D eigenvalue weighted by Gasteiger charge is 2.21. The molecule has 2 unspecified atom stereocenters. The Balaban J connectivity index is 3.82. The second-order valence-electron chi connectivity index (χ2n) is 5.32. The van der Waals surface area contributed by atoms with Crippen LogP contribution < -0.4 is 0 Å². The van der Waals surface area contributed by atoms with Crippen molar-refractivity contribution in [2.75, 3.05) is 13.2 Å². The molecule has 0 aromatic carbocycles. The summed E-state index contributed by atoms with van der Waals surface area (Å²) in [7, 11) is -4.13. The van der Waals surface area contributed by atoms with Crippen LogP contribution in [0.3, 0.4) is 0 Å². The summed E-state index contributed by atoms with van der Waals surface area (Å²) in [5.74, 6) is -1.03. The van der Waals surface area contributed by atoms with Crippen LogP contribution in [0.5, 0.6) is 0 Å². The first-order valence-corrected chi connectivity index (χ1v) is 9.47. The topological polar surface area (TPSA) is 108 Å². The lowest BCUT2D eigenvalue weighted by Gasteiger charge is -2.15. The molecule has 0 aliphatic heterocycles. The molecule has 0 bridgehead atoms. The zero-order valence-electron chi connectivity index (χ0n) is 14.7. The number of esters is 2. The van der Waals surface area contributed by atoms with Crippen molar-refractivity contribution in [3.05, 3.63) is 25.3 Å². The molecule has 0 aliphatic rings. The summed E-state index contributed by atoms with van der Waals surface area (Å²) >= 11 is 0. The fourth-order valence-corrected chi connectivity index (χ4v) is 2.54. The number of phosphoric acid groups is 1. The van der Waals surface area contributed by atoms with E-state index < -0.39 is 19.8 Å². The van der Waals surface area contributed by atoms with Gasteiger partial charge in [-0.2, -0.15) is 0 Å². The lowest BCUT2D eigenvalue weighted by molar-refractivity contribution is -0.143. The smallest absolute Gasteiger partial charge is 0.460 e. The third-order valence-electron chi connectivity index (χ3n) is 2.99. The molecule has 144 valence electrons. The summed E-state index contributed by atoms with van der Waals surface area (Å²) in [4.78, 5) is 31.5. The molecule has 25 heavy (non-hydrogen) atoms. The normalized spacial score (nSPS) is 15.5. The first-order valence-electron chi connectivity index (χ1n) is 7.98. The van der Waals surface area contributed by atoms with E-state index in [1.165, 1.54) is 0 Å². The van der Waals surface area contributed by atoms with Gasteiger partial charge in [0.2, 0.25) is 0 Å². The molecule has 0 spiro atoms. The van der Waals surface area contributed by atoms with Crippen molar-refractivity contribution in [1.29, 1.82) is 0 Å². The van der Waals surface area contributed by atoms with Crippen molar-refractivity contribution < 1.29 is 37.6 Å². The standard InChI is InChI=1S/C16H27O8P/c1-5-15(17)23-13(3)9-7-11-21-25(19,20)22-12-8-10-14(4)24-16(18)6-2/h5-6,13-14H,1-2,7-12H2,3-4H3,(H,19,20). The van der Waals surface area contributed by atoms with Gasteiger partial charge in [0.05, 0.1) is 25.4 Å². The van der Waals surface area contributed by atoms with E-state index in [0.717, 1.165) is 12.2 Å². The first-order chi connectivity index (χ1) is 11.7. The fraction of sp³-hybridized carbons (Fsp3) is 0.625. The van der Waals surface area contributed by atoms with Gasteiger partial charge >= 0.3 is 19.8 Å². The molecule has 2 atom stereocenters. The van der Waals surface area contributed by atoms with Crippen LogP contribution in [0, 0.1) is 0 Å². The third kappa shape index (κ3) is 13.5. The largest absolute Gasteiger partial charge is 0.472 e. The molecule has 8 nitrogen and oxygen atoms in total. The SMILES string of the molecule is C=CC(=O)OC(C)CCCOP(=O)(O)OCCCC(C)OC(=O)C=C. The summed E-state index contributed by atoms with van der Waals surface area (Å²) < 4.78 is 31.2. The molecule has 0 amide bonds. The van der Waals surface area contributed by atoms with Crippen molar-refractivity contribution in [1.82, 2.24) is 0 Å². The van der Waals surface area contributed by atoms with Crippen molar-refractivity contribution in [3.8, 4) is 0 Å². The Bertz CT molecular complexity index is 451. The van der Waals surface area contributed by atoms with Crippen LogP contribution in [0.4, 0.5) is 0 Å². The molecule has 0 heterocycles. The van der Waals surface area contributed by atoms with Gasteiger partial charge in [0.25, 0.3) is 0 Å². The minimum atomic E-state index is -4.13. The summed E-state index contributed by atoms with van der Waals surface area (Å²) in [6.07, 6.45) is 3.27. The maximum atomic E-state index is 11.7. The van der Waals surface area contributed by atoms with E-state index in [0.29, 0.717) is 25.7 Å². The zero-order chi connectivity index (χ0) is 19.3. The average molecular weight is 378 g/mol. The van der Waals surface area contributed by atoms with Crippen LogP contribution >= 0.6 is 7.82 Å². The molecule has 0 aromatic rings. The van der Waals surface area contributed by atoms with Crippen molar-refractivity contribution >= 4 is 19.8 Å². The number of carbonyl (C=O) groups is 2. The molecule has 0 radical (unpaired) electrons. The molecule has 9 heteroatoms. The van der Waals surface area contributed by atoms with Crippen LogP contribution in [0.1, 0.15) is 39.5 Å². The minimum Gasteiger partial charge on any atom is -0.460 e. The Morgan fingerprint density at radius 3 is 1.64 bits per heavy atom. The number of ether oxygens (including phenoxy) is 2. The molecule has 1 N–H and O–H groups in total. The molecule has 0 aliphatic carbocycles. The molecule has 0 aromatic heterocycles. The van der Waals surface area contributed by atoms with Crippen LogP contribution in [0.25, 0.3) is 0 Å². The van der Waals surface area contributed by atoms with Gasteiger partial charge in [-0.15, -0.1) is 0 Å². The summed E-state index contributed by atoms with van der Waals surface area (Å²) in [5, 5.41) is 0. The minimum absolute atomic E-state index is 0.00287. The monoisotopic (exact) mass is 378 g/mol. The molecule has 0 saturated carbocycles. The van der Waals surface area contributed by atoms with Gasteiger partial charge < -0.3 is 14.4 Å². The highest BCUT2D eigenvalue weighted by atomic mass is 31.2. The number of hydrogen-bond donors (Lipinski definition) is 1. The van der Waals surface area contributed by atoms with Gasteiger partial charge in [-0.3, -0.25) is 9.05 Å². The van der Waals surface area contributed by atoms with Crippen molar-refractivity contribution in [3.63, 3.8) is 0 Å². The molecule has 0 rings (SSSR count). The molecular weight excluding hydrogens is 351 g/mol. The number of phosphoric ester groups is 1. The Morgan fingerprint density at radius 1 is 0.960 bits per heavy atom. The number of carbonyl (C=O) groups excluding carboxylic acids is 2. The van der Waals surface area contributed by atoms with Gasteiger partial charge in [-0.1, -0.05) is 13.2 Å². The summed E-state index contributed by atoms with van der Waals surface area (Å²) in [6.45, 7) is 9.99. The second-order valence-corrected chi connectivity index (χ2v) is 6.78. The average Bonchev–Trinajstić information content (AvgIpc) is 2.55. The van der Waals surface area contributed by atoms with Gasteiger partial charge in [0, 0.05) is 12.2 Å². The quantitative estimate of drug-likeness (QED) is 0.213. The van der Waals surface area contributed by atoms with Gasteiger partial charge in [-0.05, 0) is 39.5 Å². The van der Waals surface area contributed by atoms with Gasteiger partial charge in [0.15, 0.2) is 0 Å². The summed E-state index contributed by atoms with van der Waals surface area (Å²) in [6, 6.07) is 0. The predicted molar refractivity (Wildman–Crippen MR) is 91.7 cm³/mol. The van der Waals surface area contributed by atoms with E-state index in [4.69, 9.17) is 18.5 Å². The Kier molecular flexibility index (Phi) is 12.1. The van der Waals surface area contributed by atoms with E-state index >= 15 is 0 Å². The molecule has 0 saturated heterocycles. The predicted octanol–water partition coefficient (Wildman–Crippen LogP) is 2.92. The van der Waals surface area contributed by atoms with Crippen molar-refractivity contribution in [2.45, 2.75) is 51.7 Å². The Hall–Kier alpha value is -1.47. The number of rotatable bonds is 14. The molecular formula is C16H27O8P. The third-order valence-corrected chi connectivity index (χ3v) is 4.00. The van der Waals surface area contributed by atoms with Crippen LogP contribution in [-0.2, 0) is 32.7 Å². The maximum absolute atomic E-state index is 11.7. The van der Waals surface area contributed by atoms with E-state index in [-0.39, 0.29) is 25.4 Å². The van der Waals surface area contributed by atoms with Gasteiger partial charge in [-0.25, -0.2) is 14.2 Å². The molecule has 0 fully saturated rings. The lowest BCUT2D eigenvalue weighted by Crippen LogP contribution is -2.14. The fourth-order valence-electron chi connectivity index (χ4n) is 1.75. The number of hydrogen-bond acceptors (Lipinski definition) is 7. The lowest BCUT2D eigenvalue weighted by atomic mass is 10.2. The first kappa shape index (κ1) is 23.5. The van der Waals surface area contributed by atoms with Gasteiger partial charge in [0.1, 0.15) is 0 Å². The van der Waals surface area contributed by atoms with E-state index in [1.54, 1.807) is 13.8 Å². The zero-order valence-corrected chi connectivity index (χ0v) is 15.6. The maximum Gasteiger partial charge on any atom is 0.472 e. The van der Waals surface area contributed by atoms with Crippen LogP contribution in [-0.4, -0.2) is 42.3 Å². The Labute approximate surface area is 148 Å². The highest BCUT2D eigenvalue weighted by Crippen LogP contribution is 2.43. The Morgan fingerprint density at radius 2 is 1.32 bits per heavy atom. The van der Waals surface area contributed by atoms with E-state index in [2.05, 4.69) is 13.2 Å². The summed E-state index contributed by atoms with van der Waals surface area (Å²) in [5.41, 5.74) is 0. The second kappa shape index (κ2) is 12.8. The highest BCUT2D eigenvalue weighted by molar-refractivity contribution is 7.47. The van der Waals surface area contributed by atoms with E-state index in [1.807, 2.05) is 0 Å². The van der Waals surface area contributed by atoms with Crippen molar-refractivity contribution in [2.24, 2.45) is 0 Å².